The van der Waals surface area contributed by atoms with Gasteiger partial charge in [0.2, 0.25) is 0 Å². The molecule has 0 saturated heterocycles. The van der Waals surface area contributed by atoms with Gasteiger partial charge in [0.15, 0.2) is 5.76 Å². The van der Waals surface area contributed by atoms with Crippen LogP contribution in [0.3, 0.4) is 0 Å². The van der Waals surface area contributed by atoms with Crippen LogP contribution in [0.1, 0.15) is 47.4 Å². The Labute approximate surface area is 140 Å². The number of para-hydroxylation sites is 2. The summed E-state index contributed by atoms with van der Waals surface area (Å²) in [6.07, 6.45) is 0. The summed E-state index contributed by atoms with van der Waals surface area (Å²) in [4.78, 5) is 17.0. The molecule has 0 aliphatic rings. The van der Waals surface area contributed by atoms with Crippen molar-refractivity contribution in [3.05, 3.63) is 47.1 Å². The van der Waals surface area contributed by atoms with Crippen molar-refractivity contribution in [2.24, 2.45) is 0 Å². The number of nitrogens with one attached hydrogen (secondary N) is 1. The van der Waals surface area contributed by atoms with Crippen molar-refractivity contribution in [1.29, 1.82) is 0 Å². The Balaban J connectivity index is 1.71. The summed E-state index contributed by atoms with van der Waals surface area (Å²) in [6, 6.07) is 8.00. The van der Waals surface area contributed by atoms with Crippen LogP contribution in [-0.4, -0.2) is 27.2 Å². The van der Waals surface area contributed by atoms with E-state index in [1.807, 2.05) is 45.0 Å². The molecule has 0 atom stereocenters. The zero-order chi connectivity index (χ0) is 17.3. The Bertz CT molecular complexity index is 876. The molecule has 0 aliphatic carbocycles. The molecule has 0 radical (unpaired) electrons. The van der Waals surface area contributed by atoms with Crippen molar-refractivity contribution in [3.8, 4) is 0 Å². The maximum absolute atomic E-state index is 12.5. The van der Waals surface area contributed by atoms with Crippen molar-refractivity contribution < 1.29 is 9.32 Å². The highest BCUT2D eigenvalue weighted by Gasteiger charge is 2.22. The molecular formula is C18H22N4O2. The first-order valence-corrected chi connectivity index (χ1v) is 8.15. The number of hydrogen-bond acceptors (Lipinski definition) is 4. The number of rotatable bonds is 5. The summed E-state index contributed by atoms with van der Waals surface area (Å²) in [5.41, 5.74) is 3.23. The van der Waals surface area contributed by atoms with Gasteiger partial charge in [-0.2, -0.15) is 0 Å². The molecule has 0 saturated carbocycles. The molecule has 6 nitrogen and oxygen atoms in total. The van der Waals surface area contributed by atoms with Crippen molar-refractivity contribution >= 4 is 16.9 Å². The molecule has 2 heterocycles. The Morgan fingerprint density at radius 3 is 2.79 bits per heavy atom. The Morgan fingerprint density at radius 1 is 1.29 bits per heavy atom. The van der Waals surface area contributed by atoms with Crippen LogP contribution in [-0.2, 0) is 6.54 Å². The molecule has 6 heteroatoms. The quantitative estimate of drug-likeness (QED) is 0.781. The number of carbonyl (C=O) groups excluding carboxylic acids is 1. The average Bonchev–Trinajstić information content (AvgIpc) is 3.08. The fourth-order valence-corrected chi connectivity index (χ4v) is 2.91. The lowest BCUT2D eigenvalue weighted by atomic mass is 10.0. The molecule has 2 aromatic heterocycles. The van der Waals surface area contributed by atoms with Gasteiger partial charge >= 0.3 is 0 Å². The number of fused-ring (bicyclic) bond motifs is 1. The topological polar surface area (TPSA) is 73.0 Å². The van der Waals surface area contributed by atoms with Crippen molar-refractivity contribution in [2.45, 2.75) is 40.2 Å². The minimum absolute atomic E-state index is 0.117. The smallest absolute Gasteiger partial charge is 0.256 e. The molecular weight excluding hydrogens is 304 g/mol. The van der Waals surface area contributed by atoms with Gasteiger partial charge in [0.05, 0.1) is 16.7 Å². The Morgan fingerprint density at radius 2 is 2.04 bits per heavy atom. The van der Waals surface area contributed by atoms with Crippen LogP contribution in [0.5, 0.6) is 0 Å². The second-order valence-electron chi connectivity index (χ2n) is 6.22. The van der Waals surface area contributed by atoms with Gasteiger partial charge in [-0.25, -0.2) is 4.98 Å². The van der Waals surface area contributed by atoms with Crippen molar-refractivity contribution in [1.82, 2.24) is 20.0 Å². The molecule has 3 aromatic rings. The van der Waals surface area contributed by atoms with Gasteiger partial charge in [-0.3, -0.25) is 4.79 Å². The highest BCUT2D eigenvalue weighted by molar-refractivity contribution is 5.96. The van der Waals surface area contributed by atoms with Crippen molar-refractivity contribution in [2.75, 3.05) is 6.54 Å². The lowest BCUT2D eigenvalue weighted by Gasteiger charge is -2.09. The summed E-state index contributed by atoms with van der Waals surface area (Å²) >= 11 is 0. The molecule has 1 N–H and O–H groups in total. The van der Waals surface area contributed by atoms with Crippen LogP contribution < -0.4 is 5.32 Å². The summed E-state index contributed by atoms with van der Waals surface area (Å²) in [6.45, 7) is 8.91. The van der Waals surface area contributed by atoms with E-state index in [0.717, 1.165) is 16.9 Å². The summed E-state index contributed by atoms with van der Waals surface area (Å²) in [7, 11) is 0. The monoisotopic (exact) mass is 326 g/mol. The maximum Gasteiger partial charge on any atom is 0.256 e. The molecule has 24 heavy (non-hydrogen) atoms. The van der Waals surface area contributed by atoms with Crippen LogP contribution in [0.2, 0.25) is 0 Å². The fourth-order valence-electron chi connectivity index (χ4n) is 2.91. The average molecular weight is 326 g/mol. The second kappa shape index (κ2) is 6.47. The van der Waals surface area contributed by atoms with E-state index in [1.54, 1.807) is 6.92 Å². The molecule has 0 fully saturated rings. The third-order valence-electron chi connectivity index (χ3n) is 4.11. The number of carbonyl (C=O) groups is 1. The van der Waals surface area contributed by atoms with Gasteiger partial charge < -0.3 is 14.4 Å². The first kappa shape index (κ1) is 16.2. The van der Waals surface area contributed by atoms with Gasteiger partial charge in [0.25, 0.3) is 5.91 Å². The minimum atomic E-state index is -0.139. The largest absolute Gasteiger partial charge is 0.360 e. The van der Waals surface area contributed by atoms with E-state index in [0.29, 0.717) is 30.1 Å². The third-order valence-corrected chi connectivity index (χ3v) is 4.11. The van der Waals surface area contributed by atoms with Crippen LogP contribution in [0, 0.1) is 13.8 Å². The molecule has 0 unspecified atom stereocenters. The highest BCUT2D eigenvalue weighted by atomic mass is 16.5. The first-order valence-electron chi connectivity index (χ1n) is 8.15. The van der Waals surface area contributed by atoms with E-state index in [9.17, 15) is 4.79 Å². The van der Waals surface area contributed by atoms with Gasteiger partial charge in [-0.15, -0.1) is 0 Å². The predicted molar refractivity (Wildman–Crippen MR) is 92.1 cm³/mol. The normalized spacial score (nSPS) is 11.4. The Hall–Kier alpha value is -2.63. The summed E-state index contributed by atoms with van der Waals surface area (Å²) in [5.74, 6) is 1.55. The summed E-state index contributed by atoms with van der Waals surface area (Å²) < 4.78 is 7.39. The number of aromatic nitrogens is 3. The summed E-state index contributed by atoms with van der Waals surface area (Å²) in [5, 5.41) is 6.88. The number of imidazole rings is 1. The third kappa shape index (κ3) is 2.91. The van der Waals surface area contributed by atoms with Gasteiger partial charge in [-0.1, -0.05) is 31.1 Å². The molecule has 3 rings (SSSR count). The number of aryl methyl sites for hydroxylation is 2. The van der Waals surface area contributed by atoms with E-state index in [-0.39, 0.29) is 11.8 Å². The first-order chi connectivity index (χ1) is 11.5. The number of nitrogens with zero attached hydrogens (tertiary/aromatic N) is 3. The van der Waals surface area contributed by atoms with Crippen LogP contribution in [0.4, 0.5) is 0 Å². The molecule has 1 amide bonds. The molecule has 1 aromatic carbocycles. The van der Waals surface area contributed by atoms with E-state index in [2.05, 4.69) is 20.0 Å². The van der Waals surface area contributed by atoms with Crippen molar-refractivity contribution in [3.63, 3.8) is 0 Å². The van der Waals surface area contributed by atoms with E-state index in [1.165, 1.54) is 0 Å². The lowest BCUT2D eigenvalue weighted by Crippen LogP contribution is -2.28. The van der Waals surface area contributed by atoms with Gasteiger partial charge in [-0.05, 0) is 26.0 Å². The lowest BCUT2D eigenvalue weighted by molar-refractivity contribution is 0.0949. The molecule has 0 spiro atoms. The van der Waals surface area contributed by atoms with Crippen LogP contribution >= 0.6 is 0 Å². The fraction of sp³-hybridized carbons (Fsp3) is 0.389. The second-order valence-corrected chi connectivity index (χ2v) is 6.22. The maximum atomic E-state index is 12.5. The molecule has 126 valence electrons. The van der Waals surface area contributed by atoms with Crippen LogP contribution in [0.25, 0.3) is 11.0 Å². The molecule has 0 bridgehead atoms. The van der Waals surface area contributed by atoms with Gasteiger partial charge in [0.1, 0.15) is 11.4 Å². The zero-order valence-corrected chi connectivity index (χ0v) is 14.5. The number of hydrogen-bond donors (Lipinski definition) is 1. The van der Waals surface area contributed by atoms with Gasteiger partial charge in [0, 0.05) is 19.0 Å². The predicted octanol–water partition coefficient (Wildman–Crippen LogP) is 3.19. The standard InChI is InChI=1S/C18H22N4O2/c1-11(2)17-16(12(3)21-24-17)18(23)19-9-10-22-13(4)20-14-7-5-6-8-15(14)22/h5-8,11H,9-10H2,1-4H3,(H,19,23). The zero-order valence-electron chi connectivity index (χ0n) is 14.5. The molecule has 0 aliphatic heterocycles. The van der Waals surface area contributed by atoms with E-state index >= 15 is 0 Å². The van der Waals surface area contributed by atoms with E-state index < -0.39 is 0 Å². The number of amides is 1. The highest BCUT2D eigenvalue weighted by Crippen LogP contribution is 2.22. The van der Waals surface area contributed by atoms with E-state index in [4.69, 9.17) is 4.52 Å². The van der Waals surface area contributed by atoms with Crippen LogP contribution in [0.15, 0.2) is 28.8 Å². The SMILES string of the molecule is Cc1noc(C(C)C)c1C(=O)NCCn1c(C)nc2ccccc21. The minimum Gasteiger partial charge on any atom is -0.360 e. The Kier molecular flexibility index (Phi) is 4.38. The number of benzene rings is 1.